The van der Waals surface area contributed by atoms with Gasteiger partial charge in [0.05, 0.1) is 31.0 Å². The molecule has 0 unspecified atom stereocenters. The predicted octanol–water partition coefficient (Wildman–Crippen LogP) is 3.37. The van der Waals surface area contributed by atoms with E-state index in [1.165, 1.54) is 12.1 Å². The molecule has 0 saturated carbocycles. The van der Waals surface area contributed by atoms with Gasteiger partial charge in [-0.2, -0.15) is 0 Å². The van der Waals surface area contributed by atoms with E-state index in [4.69, 9.17) is 4.74 Å². The van der Waals surface area contributed by atoms with E-state index < -0.39 is 5.82 Å². The highest BCUT2D eigenvalue weighted by molar-refractivity contribution is 5.94. The number of pyridine rings is 1. The molecular weight excluding hydrogens is 423 g/mol. The Hall–Kier alpha value is -3.94. The first-order valence-corrected chi connectivity index (χ1v) is 10.7. The van der Waals surface area contributed by atoms with Crippen molar-refractivity contribution in [3.8, 4) is 5.75 Å². The Morgan fingerprint density at radius 1 is 1.00 bits per heavy atom. The highest BCUT2D eigenvalue weighted by atomic mass is 19.1. The van der Waals surface area contributed by atoms with Crippen LogP contribution < -0.4 is 15.0 Å². The van der Waals surface area contributed by atoms with Gasteiger partial charge < -0.3 is 19.9 Å². The van der Waals surface area contributed by atoms with Crippen molar-refractivity contribution in [2.75, 3.05) is 43.5 Å². The summed E-state index contributed by atoms with van der Waals surface area (Å²) in [6.45, 7) is 2.15. The van der Waals surface area contributed by atoms with Gasteiger partial charge in [0.2, 0.25) is 5.91 Å². The van der Waals surface area contributed by atoms with Gasteiger partial charge in [-0.3, -0.25) is 9.59 Å². The smallest absolute Gasteiger partial charge is 0.256 e. The molecule has 1 saturated heterocycles. The molecule has 1 aliphatic heterocycles. The van der Waals surface area contributed by atoms with Crippen LogP contribution in [0.5, 0.6) is 5.75 Å². The van der Waals surface area contributed by atoms with Gasteiger partial charge in [-0.05, 0) is 42.0 Å². The van der Waals surface area contributed by atoms with Crippen LogP contribution in [0.4, 0.5) is 15.9 Å². The number of hydrogen-bond donors (Lipinski definition) is 1. The summed E-state index contributed by atoms with van der Waals surface area (Å²) in [5.41, 5.74) is 1.60. The Kier molecular flexibility index (Phi) is 6.83. The molecule has 1 fully saturated rings. The molecular formula is C25H25FN4O3. The second kappa shape index (κ2) is 10.1. The van der Waals surface area contributed by atoms with E-state index in [9.17, 15) is 14.0 Å². The summed E-state index contributed by atoms with van der Waals surface area (Å²) in [6.07, 6.45) is 1.88. The van der Waals surface area contributed by atoms with E-state index in [1.54, 1.807) is 30.3 Å². The highest BCUT2D eigenvalue weighted by Gasteiger charge is 2.24. The molecule has 2 amide bonds. The van der Waals surface area contributed by atoms with Crippen LogP contribution >= 0.6 is 0 Å². The van der Waals surface area contributed by atoms with Gasteiger partial charge in [0.25, 0.3) is 5.91 Å². The summed E-state index contributed by atoms with van der Waals surface area (Å²) >= 11 is 0. The number of piperazine rings is 1. The van der Waals surface area contributed by atoms with E-state index in [0.717, 1.165) is 17.1 Å². The zero-order valence-corrected chi connectivity index (χ0v) is 18.3. The molecule has 33 heavy (non-hydrogen) atoms. The lowest BCUT2D eigenvalue weighted by atomic mass is 10.1. The molecule has 0 aliphatic carbocycles. The normalized spacial score (nSPS) is 13.5. The van der Waals surface area contributed by atoms with Crippen molar-refractivity contribution >= 4 is 23.3 Å². The monoisotopic (exact) mass is 448 g/mol. The molecule has 7 nitrogen and oxygen atoms in total. The quantitative estimate of drug-likeness (QED) is 0.626. The Labute approximate surface area is 191 Å². The zero-order chi connectivity index (χ0) is 23.2. The maximum absolute atomic E-state index is 13.9. The number of rotatable bonds is 6. The van der Waals surface area contributed by atoms with Crippen molar-refractivity contribution in [1.29, 1.82) is 0 Å². The molecule has 2 heterocycles. The second-order valence-corrected chi connectivity index (χ2v) is 7.74. The fourth-order valence-electron chi connectivity index (χ4n) is 3.72. The number of carbonyl (C=O) groups is 2. The van der Waals surface area contributed by atoms with Crippen LogP contribution in [0.3, 0.4) is 0 Å². The molecule has 0 bridgehead atoms. The van der Waals surface area contributed by atoms with Crippen molar-refractivity contribution in [3.63, 3.8) is 0 Å². The van der Waals surface area contributed by atoms with E-state index in [-0.39, 0.29) is 23.8 Å². The number of benzene rings is 2. The molecule has 1 aromatic heterocycles. The molecule has 170 valence electrons. The van der Waals surface area contributed by atoms with Crippen LogP contribution in [-0.4, -0.2) is 55.0 Å². The summed E-state index contributed by atoms with van der Waals surface area (Å²) in [4.78, 5) is 33.1. The first-order chi connectivity index (χ1) is 16.0. The number of anilines is 2. The summed E-state index contributed by atoms with van der Waals surface area (Å²) < 4.78 is 19.0. The van der Waals surface area contributed by atoms with Gasteiger partial charge in [-0.25, -0.2) is 9.37 Å². The van der Waals surface area contributed by atoms with Crippen molar-refractivity contribution in [2.45, 2.75) is 6.42 Å². The Morgan fingerprint density at radius 2 is 1.73 bits per heavy atom. The summed E-state index contributed by atoms with van der Waals surface area (Å²) in [5, 5.41) is 2.85. The molecule has 0 atom stereocenters. The molecule has 2 aromatic carbocycles. The van der Waals surface area contributed by atoms with Crippen LogP contribution in [0.15, 0.2) is 66.9 Å². The average Bonchev–Trinajstić information content (AvgIpc) is 2.85. The Morgan fingerprint density at radius 3 is 2.36 bits per heavy atom. The number of carbonyl (C=O) groups excluding carboxylic acids is 2. The van der Waals surface area contributed by atoms with Gasteiger partial charge in [0.15, 0.2) is 0 Å². The molecule has 0 spiro atoms. The molecule has 4 rings (SSSR count). The third kappa shape index (κ3) is 5.46. The lowest BCUT2D eigenvalue weighted by Crippen LogP contribution is -2.49. The topological polar surface area (TPSA) is 74.8 Å². The number of aromatic nitrogens is 1. The minimum absolute atomic E-state index is 0.0961. The van der Waals surface area contributed by atoms with Gasteiger partial charge in [0, 0.05) is 26.2 Å². The largest absolute Gasteiger partial charge is 0.497 e. The molecule has 0 radical (unpaired) electrons. The first kappa shape index (κ1) is 22.3. The number of methoxy groups -OCH3 is 1. The minimum atomic E-state index is -0.503. The number of nitrogens with zero attached hydrogens (tertiary/aromatic N) is 3. The summed E-state index contributed by atoms with van der Waals surface area (Å²) in [6, 6.07) is 17.0. The van der Waals surface area contributed by atoms with E-state index >= 15 is 0 Å². The summed E-state index contributed by atoms with van der Waals surface area (Å²) in [5.74, 6) is 0.583. The molecule has 8 heteroatoms. The third-order valence-electron chi connectivity index (χ3n) is 5.55. The maximum Gasteiger partial charge on any atom is 0.256 e. The van der Waals surface area contributed by atoms with Crippen LogP contribution in [0.1, 0.15) is 15.9 Å². The van der Waals surface area contributed by atoms with Crippen molar-refractivity contribution in [3.05, 3.63) is 83.8 Å². The lowest BCUT2D eigenvalue weighted by Gasteiger charge is -2.35. The molecule has 3 aromatic rings. The standard InChI is InChI=1S/C25H25FN4O3/c1-33-20-9-6-18(7-10-20)16-24(31)28-19-8-11-23(27-17-19)29-12-14-30(15-13-29)25(32)21-4-2-3-5-22(21)26/h2-11,17H,12-16H2,1H3,(H,28,31). The number of ether oxygens (including phenoxy) is 1. The minimum Gasteiger partial charge on any atom is -0.497 e. The van der Waals surface area contributed by atoms with E-state index in [2.05, 4.69) is 15.2 Å². The Bertz CT molecular complexity index is 1110. The van der Waals surface area contributed by atoms with Gasteiger partial charge in [-0.1, -0.05) is 24.3 Å². The zero-order valence-electron chi connectivity index (χ0n) is 18.3. The number of amides is 2. The Balaban J connectivity index is 1.29. The first-order valence-electron chi connectivity index (χ1n) is 10.7. The van der Waals surface area contributed by atoms with E-state index in [0.29, 0.717) is 31.9 Å². The SMILES string of the molecule is COc1ccc(CC(=O)Nc2ccc(N3CCN(C(=O)c4ccccc4F)CC3)nc2)cc1. The lowest BCUT2D eigenvalue weighted by molar-refractivity contribution is -0.115. The van der Waals surface area contributed by atoms with Crippen LogP contribution in [0.25, 0.3) is 0 Å². The molecule has 1 N–H and O–H groups in total. The average molecular weight is 448 g/mol. The van der Waals surface area contributed by atoms with Crippen molar-refractivity contribution in [2.24, 2.45) is 0 Å². The van der Waals surface area contributed by atoms with Gasteiger partial charge >= 0.3 is 0 Å². The number of hydrogen-bond acceptors (Lipinski definition) is 5. The molecule has 1 aliphatic rings. The number of nitrogens with one attached hydrogen (secondary N) is 1. The summed E-state index contributed by atoms with van der Waals surface area (Å²) in [7, 11) is 1.60. The van der Waals surface area contributed by atoms with Crippen molar-refractivity contribution < 1.29 is 18.7 Å². The van der Waals surface area contributed by atoms with Crippen molar-refractivity contribution in [1.82, 2.24) is 9.88 Å². The third-order valence-corrected chi connectivity index (χ3v) is 5.55. The van der Waals surface area contributed by atoms with Crippen LogP contribution in [0.2, 0.25) is 0 Å². The highest BCUT2D eigenvalue weighted by Crippen LogP contribution is 2.19. The van der Waals surface area contributed by atoms with Gasteiger partial charge in [0.1, 0.15) is 17.4 Å². The predicted molar refractivity (Wildman–Crippen MR) is 124 cm³/mol. The van der Waals surface area contributed by atoms with Crippen LogP contribution in [-0.2, 0) is 11.2 Å². The number of halogens is 1. The fraction of sp³-hybridized carbons (Fsp3) is 0.240. The van der Waals surface area contributed by atoms with Gasteiger partial charge in [-0.15, -0.1) is 0 Å². The van der Waals surface area contributed by atoms with E-state index in [1.807, 2.05) is 36.4 Å². The second-order valence-electron chi connectivity index (χ2n) is 7.74. The maximum atomic E-state index is 13.9. The fourth-order valence-corrected chi connectivity index (χ4v) is 3.72. The van der Waals surface area contributed by atoms with Crippen LogP contribution in [0, 0.1) is 5.82 Å².